The Hall–Kier alpha value is -2.05. The van der Waals surface area contributed by atoms with E-state index in [-0.39, 0.29) is 17.6 Å². The second-order valence-electron chi connectivity index (χ2n) is 7.68. The lowest BCUT2D eigenvalue weighted by molar-refractivity contribution is 0.0695. The van der Waals surface area contributed by atoms with Crippen LogP contribution in [0.5, 0.6) is 0 Å². The van der Waals surface area contributed by atoms with Gasteiger partial charge in [0.2, 0.25) is 0 Å². The zero-order chi connectivity index (χ0) is 16.9. The first-order chi connectivity index (χ1) is 11.5. The van der Waals surface area contributed by atoms with E-state index in [4.69, 9.17) is 0 Å². The van der Waals surface area contributed by atoms with E-state index in [0.717, 1.165) is 44.2 Å². The summed E-state index contributed by atoms with van der Waals surface area (Å²) in [5.41, 5.74) is 1.24. The molecule has 0 atom stereocenters. The average Bonchev–Trinajstić information content (AvgIpc) is 3.48. The smallest absolute Gasteiger partial charge is 0.339 e. The van der Waals surface area contributed by atoms with Gasteiger partial charge in [-0.25, -0.2) is 9.59 Å². The van der Waals surface area contributed by atoms with Gasteiger partial charge < -0.3 is 15.3 Å². The van der Waals surface area contributed by atoms with Gasteiger partial charge in [0.25, 0.3) is 0 Å². The van der Waals surface area contributed by atoms with Crippen molar-refractivity contribution in [2.75, 3.05) is 13.1 Å². The van der Waals surface area contributed by atoms with Crippen LogP contribution in [0.2, 0.25) is 0 Å². The number of aromatic carboxylic acids is 1. The highest BCUT2D eigenvalue weighted by Crippen LogP contribution is 2.43. The van der Waals surface area contributed by atoms with E-state index in [1.165, 1.54) is 6.20 Å². The van der Waals surface area contributed by atoms with Crippen LogP contribution >= 0.6 is 0 Å². The van der Waals surface area contributed by atoms with E-state index in [1.54, 1.807) is 0 Å². The van der Waals surface area contributed by atoms with Crippen LogP contribution in [0.4, 0.5) is 4.79 Å². The first-order valence-electron chi connectivity index (χ1n) is 8.85. The Kier molecular flexibility index (Phi) is 3.54. The van der Waals surface area contributed by atoms with Crippen LogP contribution in [0.25, 0.3) is 0 Å². The summed E-state index contributed by atoms with van der Waals surface area (Å²) in [6.45, 7) is 3.47. The Morgan fingerprint density at radius 1 is 1.25 bits per heavy atom. The Labute approximate surface area is 141 Å². The molecule has 2 N–H and O–H groups in total. The number of amides is 2. The van der Waals surface area contributed by atoms with Crippen molar-refractivity contribution in [1.82, 2.24) is 20.0 Å². The number of hydrogen-bond donors (Lipinski definition) is 2. The molecule has 2 amide bonds. The number of likely N-dealkylation sites (tertiary alicyclic amines) is 1. The van der Waals surface area contributed by atoms with E-state index in [1.807, 2.05) is 9.58 Å². The fourth-order valence-corrected chi connectivity index (χ4v) is 3.55. The van der Waals surface area contributed by atoms with Gasteiger partial charge in [0.15, 0.2) is 0 Å². The lowest BCUT2D eigenvalue weighted by Gasteiger charge is -2.33. The molecular formula is C17H24N4O3. The highest BCUT2D eigenvalue weighted by Gasteiger charge is 2.40. The third-order valence-corrected chi connectivity index (χ3v) is 5.53. The molecule has 1 aliphatic heterocycles. The van der Waals surface area contributed by atoms with Gasteiger partial charge in [0, 0.05) is 24.5 Å². The maximum absolute atomic E-state index is 12.3. The molecule has 1 saturated heterocycles. The summed E-state index contributed by atoms with van der Waals surface area (Å²) in [6.07, 6.45) is 7.35. The molecule has 1 aromatic rings. The van der Waals surface area contributed by atoms with Crippen LogP contribution in [0.1, 0.15) is 73.5 Å². The van der Waals surface area contributed by atoms with E-state index in [2.05, 4.69) is 17.3 Å². The van der Waals surface area contributed by atoms with Crippen molar-refractivity contribution in [3.05, 3.63) is 17.5 Å². The predicted octanol–water partition coefficient (Wildman–Crippen LogP) is 2.36. The standard InChI is InChI=1S/C17H24N4O3/c1-17(6-7-17)19-16(24)20-8-4-12(5-9-20)21-14(11-2-3-11)13(10-18-21)15(22)23/h10-12H,2-9H2,1H3,(H,19,24)(H,22,23). The Bertz CT molecular complexity index is 667. The van der Waals surface area contributed by atoms with Gasteiger partial charge >= 0.3 is 12.0 Å². The molecule has 0 bridgehead atoms. The molecule has 3 aliphatic rings. The summed E-state index contributed by atoms with van der Waals surface area (Å²) < 4.78 is 1.93. The fraction of sp³-hybridized carbons (Fsp3) is 0.706. The second-order valence-corrected chi connectivity index (χ2v) is 7.68. The monoisotopic (exact) mass is 332 g/mol. The number of carbonyl (C=O) groups excluding carboxylic acids is 1. The van der Waals surface area contributed by atoms with Gasteiger partial charge in [0.05, 0.1) is 17.9 Å². The van der Waals surface area contributed by atoms with Crippen molar-refractivity contribution in [3.63, 3.8) is 0 Å². The minimum absolute atomic E-state index is 0.00540. The summed E-state index contributed by atoms with van der Waals surface area (Å²) in [4.78, 5) is 25.6. The second kappa shape index (κ2) is 5.50. The summed E-state index contributed by atoms with van der Waals surface area (Å²) in [6, 6.07) is 0.219. The van der Waals surface area contributed by atoms with E-state index >= 15 is 0 Å². The van der Waals surface area contributed by atoms with Crippen molar-refractivity contribution in [2.24, 2.45) is 0 Å². The summed E-state index contributed by atoms with van der Waals surface area (Å²) in [7, 11) is 0. The lowest BCUT2D eigenvalue weighted by atomic mass is 10.0. The van der Waals surface area contributed by atoms with Gasteiger partial charge in [-0.3, -0.25) is 4.68 Å². The predicted molar refractivity (Wildman–Crippen MR) is 87.2 cm³/mol. The van der Waals surface area contributed by atoms with Gasteiger partial charge in [0.1, 0.15) is 5.56 Å². The first-order valence-corrected chi connectivity index (χ1v) is 8.85. The third-order valence-electron chi connectivity index (χ3n) is 5.53. The Balaban J connectivity index is 1.42. The molecule has 2 aliphatic carbocycles. The van der Waals surface area contributed by atoms with E-state index in [0.29, 0.717) is 24.6 Å². The van der Waals surface area contributed by atoms with Crippen molar-refractivity contribution in [1.29, 1.82) is 0 Å². The van der Waals surface area contributed by atoms with Crippen LogP contribution in [0.15, 0.2) is 6.20 Å². The number of carbonyl (C=O) groups is 2. The number of nitrogens with zero attached hydrogens (tertiary/aromatic N) is 3. The van der Waals surface area contributed by atoms with Gasteiger partial charge in [-0.1, -0.05) is 0 Å². The molecule has 2 saturated carbocycles. The van der Waals surface area contributed by atoms with Crippen molar-refractivity contribution in [2.45, 2.75) is 62.9 Å². The lowest BCUT2D eigenvalue weighted by Crippen LogP contribution is -2.48. The van der Waals surface area contributed by atoms with Crippen molar-refractivity contribution >= 4 is 12.0 Å². The molecule has 0 aromatic carbocycles. The largest absolute Gasteiger partial charge is 0.478 e. The zero-order valence-corrected chi connectivity index (χ0v) is 14.0. The number of rotatable bonds is 4. The molecule has 7 nitrogen and oxygen atoms in total. The SMILES string of the molecule is CC1(NC(=O)N2CCC(n3ncc(C(=O)O)c3C3CC3)CC2)CC1. The van der Waals surface area contributed by atoms with Crippen molar-refractivity contribution in [3.8, 4) is 0 Å². The normalized spacial score (nSPS) is 23.1. The molecule has 0 radical (unpaired) electrons. The third kappa shape index (κ3) is 2.87. The highest BCUT2D eigenvalue weighted by molar-refractivity contribution is 5.89. The highest BCUT2D eigenvalue weighted by atomic mass is 16.4. The number of nitrogens with one attached hydrogen (secondary N) is 1. The quantitative estimate of drug-likeness (QED) is 0.886. The first kappa shape index (κ1) is 15.5. The van der Waals surface area contributed by atoms with Crippen LogP contribution in [-0.2, 0) is 0 Å². The minimum Gasteiger partial charge on any atom is -0.478 e. The molecular weight excluding hydrogens is 308 g/mol. The Morgan fingerprint density at radius 2 is 1.92 bits per heavy atom. The van der Waals surface area contributed by atoms with Gasteiger partial charge in [-0.05, 0) is 45.4 Å². The maximum Gasteiger partial charge on any atom is 0.339 e. The van der Waals surface area contributed by atoms with E-state index < -0.39 is 5.97 Å². The van der Waals surface area contributed by atoms with E-state index in [9.17, 15) is 14.7 Å². The Morgan fingerprint density at radius 3 is 2.46 bits per heavy atom. The summed E-state index contributed by atoms with van der Waals surface area (Å²) in [5, 5.41) is 16.8. The molecule has 1 aromatic heterocycles. The zero-order valence-electron chi connectivity index (χ0n) is 14.0. The molecule has 0 spiro atoms. The maximum atomic E-state index is 12.3. The summed E-state index contributed by atoms with van der Waals surface area (Å²) >= 11 is 0. The molecule has 7 heteroatoms. The fourth-order valence-electron chi connectivity index (χ4n) is 3.55. The molecule has 24 heavy (non-hydrogen) atoms. The average molecular weight is 332 g/mol. The van der Waals surface area contributed by atoms with Gasteiger partial charge in [-0.2, -0.15) is 5.10 Å². The topological polar surface area (TPSA) is 87.5 Å². The van der Waals surface area contributed by atoms with Gasteiger partial charge in [-0.15, -0.1) is 0 Å². The molecule has 4 rings (SSSR count). The number of hydrogen-bond acceptors (Lipinski definition) is 3. The molecule has 3 fully saturated rings. The molecule has 130 valence electrons. The van der Waals surface area contributed by atoms with Crippen LogP contribution in [0.3, 0.4) is 0 Å². The summed E-state index contributed by atoms with van der Waals surface area (Å²) in [5.74, 6) is -0.549. The molecule has 0 unspecified atom stereocenters. The van der Waals surface area contributed by atoms with Crippen LogP contribution in [-0.4, -0.2) is 50.4 Å². The number of urea groups is 1. The number of carboxylic acid groups (broad SMARTS) is 1. The molecule has 2 heterocycles. The van der Waals surface area contributed by atoms with Crippen molar-refractivity contribution < 1.29 is 14.7 Å². The number of aromatic nitrogens is 2. The number of piperidine rings is 1. The van der Waals surface area contributed by atoms with Crippen LogP contribution < -0.4 is 5.32 Å². The van der Waals surface area contributed by atoms with Crippen LogP contribution in [0, 0.1) is 0 Å². The minimum atomic E-state index is -0.891. The number of carboxylic acids is 1.